The summed E-state index contributed by atoms with van der Waals surface area (Å²) in [5.74, 6) is 0.235. The molecular formula is C12H14Cl2N2O2. The summed E-state index contributed by atoms with van der Waals surface area (Å²) >= 11 is 10.9. The maximum absolute atomic E-state index is 11.3. The number of hydrogen-bond donors (Lipinski definition) is 2. The molecule has 1 aromatic carbocycles. The van der Waals surface area contributed by atoms with Crippen molar-refractivity contribution >= 4 is 46.4 Å². The Hall–Kier alpha value is -1.26. The minimum atomic E-state index is -0.158. The number of alkyl halides is 2. The zero-order valence-electron chi connectivity index (χ0n) is 9.71. The molecule has 0 saturated heterocycles. The number of benzene rings is 1. The highest BCUT2D eigenvalue weighted by Crippen LogP contribution is 2.15. The van der Waals surface area contributed by atoms with Gasteiger partial charge in [0.05, 0.1) is 0 Å². The van der Waals surface area contributed by atoms with E-state index in [1.165, 1.54) is 0 Å². The van der Waals surface area contributed by atoms with Gasteiger partial charge in [0.15, 0.2) is 0 Å². The third-order valence-electron chi connectivity index (χ3n) is 2.07. The number of rotatable bonds is 6. The van der Waals surface area contributed by atoms with E-state index in [0.717, 1.165) is 0 Å². The van der Waals surface area contributed by atoms with Crippen LogP contribution in [0.2, 0.25) is 0 Å². The van der Waals surface area contributed by atoms with Crippen LogP contribution in [0.1, 0.15) is 12.8 Å². The first-order chi connectivity index (χ1) is 8.65. The van der Waals surface area contributed by atoms with Gasteiger partial charge in [-0.25, -0.2) is 0 Å². The van der Waals surface area contributed by atoms with Crippen LogP contribution in [-0.4, -0.2) is 23.6 Å². The maximum atomic E-state index is 11.3. The number of carbonyl (C=O) groups excluding carboxylic acids is 2. The van der Waals surface area contributed by atoms with Crippen LogP contribution in [0.25, 0.3) is 0 Å². The van der Waals surface area contributed by atoms with Crippen molar-refractivity contribution < 1.29 is 9.59 Å². The van der Waals surface area contributed by atoms with Crippen molar-refractivity contribution in [3.05, 3.63) is 24.3 Å². The third-order valence-corrected chi connectivity index (χ3v) is 2.45. The van der Waals surface area contributed by atoms with Gasteiger partial charge in [0.1, 0.15) is 0 Å². The van der Waals surface area contributed by atoms with Crippen LogP contribution in [0.5, 0.6) is 0 Å². The molecule has 0 radical (unpaired) electrons. The van der Waals surface area contributed by atoms with Crippen molar-refractivity contribution in [2.24, 2.45) is 0 Å². The van der Waals surface area contributed by atoms with Gasteiger partial charge < -0.3 is 10.6 Å². The number of halogens is 2. The van der Waals surface area contributed by atoms with E-state index in [2.05, 4.69) is 10.6 Å². The lowest BCUT2D eigenvalue weighted by atomic mass is 10.2. The second-order valence-corrected chi connectivity index (χ2v) is 4.31. The topological polar surface area (TPSA) is 58.2 Å². The van der Waals surface area contributed by atoms with Gasteiger partial charge in [-0.15, -0.1) is 23.2 Å². The molecule has 2 amide bonds. The van der Waals surface area contributed by atoms with Crippen LogP contribution in [0, 0.1) is 0 Å². The van der Waals surface area contributed by atoms with Crippen molar-refractivity contribution in [3.8, 4) is 0 Å². The fourth-order valence-corrected chi connectivity index (χ4v) is 1.64. The SMILES string of the molecule is O=C(CCCl)Nc1cccc(NC(=O)CCCl)c1. The molecule has 4 nitrogen and oxygen atoms in total. The zero-order chi connectivity index (χ0) is 13.4. The van der Waals surface area contributed by atoms with Crippen molar-refractivity contribution in [1.29, 1.82) is 0 Å². The summed E-state index contributed by atoms with van der Waals surface area (Å²) in [6.07, 6.45) is 0.509. The summed E-state index contributed by atoms with van der Waals surface area (Å²) < 4.78 is 0. The lowest BCUT2D eigenvalue weighted by Crippen LogP contribution is -2.13. The van der Waals surface area contributed by atoms with Gasteiger partial charge in [-0.1, -0.05) is 6.07 Å². The Labute approximate surface area is 116 Å². The lowest BCUT2D eigenvalue weighted by molar-refractivity contribution is -0.116. The Morgan fingerprint density at radius 2 is 1.39 bits per heavy atom. The summed E-state index contributed by atoms with van der Waals surface area (Å²) in [6.45, 7) is 0. The normalized spacial score (nSPS) is 9.89. The molecule has 0 atom stereocenters. The molecule has 0 aromatic heterocycles. The smallest absolute Gasteiger partial charge is 0.225 e. The van der Waals surface area contributed by atoms with Crippen LogP contribution >= 0.6 is 23.2 Å². The van der Waals surface area contributed by atoms with Gasteiger partial charge in [-0.3, -0.25) is 9.59 Å². The van der Waals surface area contributed by atoms with Gasteiger partial charge in [-0.05, 0) is 18.2 Å². The Kier molecular flexibility index (Phi) is 6.54. The molecule has 18 heavy (non-hydrogen) atoms. The van der Waals surface area contributed by atoms with E-state index in [1.807, 2.05) is 0 Å². The Balaban J connectivity index is 2.61. The number of hydrogen-bond acceptors (Lipinski definition) is 2. The van der Waals surface area contributed by atoms with Crippen molar-refractivity contribution in [2.45, 2.75) is 12.8 Å². The van der Waals surface area contributed by atoms with Gasteiger partial charge in [0.2, 0.25) is 11.8 Å². The number of anilines is 2. The van der Waals surface area contributed by atoms with Crippen molar-refractivity contribution in [2.75, 3.05) is 22.4 Å². The number of carbonyl (C=O) groups is 2. The summed E-state index contributed by atoms with van der Waals surface area (Å²) in [5, 5.41) is 5.38. The molecule has 1 aromatic rings. The first-order valence-corrected chi connectivity index (χ1v) is 6.54. The van der Waals surface area contributed by atoms with E-state index in [0.29, 0.717) is 11.4 Å². The molecule has 0 aliphatic rings. The Bertz CT molecular complexity index is 389. The standard InChI is InChI=1S/C12H14Cl2N2O2/c13-6-4-11(17)15-9-2-1-3-10(8-9)16-12(18)5-7-14/h1-3,8H,4-7H2,(H,15,17)(H,16,18). The predicted octanol–water partition coefficient (Wildman–Crippen LogP) is 2.82. The lowest BCUT2D eigenvalue weighted by Gasteiger charge is -2.08. The van der Waals surface area contributed by atoms with Crippen LogP contribution in [0.3, 0.4) is 0 Å². The zero-order valence-corrected chi connectivity index (χ0v) is 11.2. The summed E-state index contributed by atoms with van der Waals surface area (Å²) in [7, 11) is 0. The number of nitrogens with one attached hydrogen (secondary N) is 2. The van der Waals surface area contributed by atoms with E-state index >= 15 is 0 Å². The van der Waals surface area contributed by atoms with Gasteiger partial charge in [0, 0.05) is 36.0 Å². The van der Waals surface area contributed by atoms with E-state index in [9.17, 15) is 9.59 Å². The fourth-order valence-electron chi connectivity index (χ4n) is 1.29. The minimum Gasteiger partial charge on any atom is -0.326 e. The predicted molar refractivity (Wildman–Crippen MR) is 74.4 cm³/mol. The average Bonchev–Trinajstić information content (AvgIpc) is 2.29. The highest BCUT2D eigenvalue weighted by atomic mass is 35.5. The van der Waals surface area contributed by atoms with Gasteiger partial charge in [-0.2, -0.15) is 0 Å². The monoisotopic (exact) mass is 288 g/mol. The summed E-state index contributed by atoms with van der Waals surface area (Å²) in [4.78, 5) is 22.7. The van der Waals surface area contributed by atoms with Crippen LogP contribution < -0.4 is 10.6 Å². The maximum Gasteiger partial charge on any atom is 0.225 e. The molecule has 0 fully saturated rings. The highest BCUT2D eigenvalue weighted by Gasteiger charge is 2.04. The molecule has 0 spiro atoms. The molecule has 0 unspecified atom stereocenters. The molecule has 0 heterocycles. The second kappa shape index (κ2) is 7.95. The summed E-state index contributed by atoms with van der Waals surface area (Å²) in [6, 6.07) is 6.90. The van der Waals surface area contributed by atoms with E-state index in [4.69, 9.17) is 23.2 Å². The quantitative estimate of drug-likeness (QED) is 0.791. The van der Waals surface area contributed by atoms with Crippen molar-refractivity contribution in [3.63, 3.8) is 0 Å². The molecule has 2 N–H and O–H groups in total. The Morgan fingerprint density at radius 3 is 1.78 bits per heavy atom. The molecule has 0 saturated carbocycles. The first kappa shape index (κ1) is 14.8. The molecule has 6 heteroatoms. The molecular weight excluding hydrogens is 275 g/mol. The molecule has 98 valence electrons. The average molecular weight is 289 g/mol. The van der Waals surface area contributed by atoms with Crippen LogP contribution in [0.15, 0.2) is 24.3 Å². The Morgan fingerprint density at radius 1 is 0.944 bits per heavy atom. The molecule has 0 bridgehead atoms. The largest absolute Gasteiger partial charge is 0.326 e. The van der Waals surface area contributed by atoms with E-state index in [1.54, 1.807) is 24.3 Å². The van der Waals surface area contributed by atoms with Gasteiger partial charge in [0.25, 0.3) is 0 Å². The summed E-state index contributed by atoms with van der Waals surface area (Å²) in [5.41, 5.74) is 1.24. The minimum absolute atomic E-state index is 0.158. The molecule has 0 aliphatic carbocycles. The number of amides is 2. The van der Waals surface area contributed by atoms with Crippen LogP contribution in [0.4, 0.5) is 11.4 Å². The third kappa shape index (κ3) is 5.38. The van der Waals surface area contributed by atoms with Crippen LogP contribution in [-0.2, 0) is 9.59 Å². The van der Waals surface area contributed by atoms with E-state index < -0.39 is 0 Å². The molecule has 1 rings (SSSR count). The fraction of sp³-hybridized carbons (Fsp3) is 0.333. The van der Waals surface area contributed by atoms with Crippen molar-refractivity contribution in [1.82, 2.24) is 0 Å². The van der Waals surface area contributed by atoms with Gasteiger partial charge >= 0.3 is 0 Å². The highest BCUT2D eigenvalue weighted by molar-refractivity contribution is 6.19. The second-order valence-electron chi connectivity index (χ2n) is 3.56. The van der Waals surface area contributed by atoms with E-state index in [-0.39, 0.29) is 36.4 Å². The molecule has 0 aliphatic heterocycles. The first-order valence-electron chi connectivity index (χ1n) is 5.47.